The summed E-state index contributed by atoms with van der Waals surface area (Å²) < 4.78 is 5.18. The molecule has 4 N–H and O–H groups in total. The largest absolute Gasteiger partial charge is 0.452 e. The first kappa shape index (κ1) is 11.2. The van der Waals surface area contributed by atoms with Crippen molar-refractivity contribution >= 4 is 18.1 Å². The summed E-state index contributed by atoms with van der Waals surface area (Å²) >= 11 is 0. The number of nitrogens with two attached hydrogens (primary N) is 1. The monoisotopic (exact) mass is 210 g/mol. The normalized spacial score (nSPS) is 23.5. The van der Waals surface area contributed by atoms with Gasteiger partial charge in [-0.1, -0.05) is 0 Å². The predicted octanol–water partition coefficient (Wildman–Crippen LogP) is -0.588. The van der Waals surface area contributed by atoms with Gasteiger partial charge in [0.1, 0.15) is 12.1 Å². The lowest BCUT2D eigenvalue weighted by molar-refractivity contribution is -0.151. The second-order valence-electron chi connectivity index (χ2n) is 3.40. The summed E-state index contributed by atoms with van der Waals surface area (Å²) in [4.78, 5) is 15.3. The zero-order chi connectivity index (χ0) is 11.3. The average Bonchev–Trinajstić information content (AvgIpc) is 2.15. The van der Waals surface area contributed by atoms with Crippen LogP contribution in [0.15, 0.2) is 17.1 Å². The van der Waals surface area contributed by atoms with Crippen LogP contribution in [-0.2, 0) is 9.53 Å². The number of hydrogen-bond acceptors (Lipinski definition) is 4. The Bertz CT molecular complexity index is 324. The van der Waals surface area contributed by atoms with E-state index in [0.29, 0.717) is 6.54 Å². The van der Waals surface area contributed by atoms with Gasteiger partial charge in [-0.25, -0.2) is 0 Å². The van der Waals surface area contributed by atoms with Crippen molar-refractivity contribution in [3.05, 3.63) is 12.2 Å². The summed E-state index contributed by atoms with van der Waals surface area (Å²) in [5.74, 6) is -0.719. The third kappa shape index (κ3) is 3.80. The number of rotatable bonds is 3. The van der Waals surface area contributed by atoms with Crippen LogP contribution in [0.4, 0.5) is 0 Å². The third-order valence-electron chi connectivity index (χ3n) is 1.82. The van der Waals surface area contributed by atoms with Gasteiger partial charge in [0.05, 0.1) is 6.54 Å². The number of dihydropyridines is 1. The molecule has 0 amide bonds. The standard InChI is InChI=1S/C9H14N4O2/c1-9(3-2-4-12-6-9)15-7(14)5-13-8(10)11/h2-4H,5-6H2,1H3,(H4,10,11,13). The molecule has 1 rings (SSSR count). The zero-order valence-electron chi connectivity index (χ0n) is 8.49. The second-order valence-corrected chi connectivity index (χ2v) is 3.40. The van der Waals surface area contributed by atoms with Crippen LogP contribution < -0.4 is 11.1 Å². The van der Waals surface area contributed by atoms with Gasteiger partial charge in [-0.3, -0.25) is 15.2 Å². The molecule has 0 saturated heterocycles. The summed E-state index contributed by atoms with van der Waals surface area (Å²) in [5, 5.41) is 9.25. The molecule has 0 aliphatic carbocycles. The molecule has 0 fully saturated rings. The van der Waals surface area contributed by atoms with E-state index >= 15 is 0 Å². The minimum absolute atomic E-state index is 0.109. The number of ether oxygens (including phenoxy) is 1. The fourth-order valence-electron chi connectivity index (χ4n) is 1.12. The van der Waals surface area contributed by atoms with Gasteiger partial charge in [0.15, 0.2) is 5.96 Å². The Kier molecular flexibility index (Phi) is 3.43. The van der Waals surface area contributed by atoms with Crippen LogP contribution in [0.1, 0.15) is 6.92 Å². The molecule has 0 aromatic rings. The predicted molar refractivity (Wildman–Crippen MR) is 56.9 cm³/mol. The SMILES string of the molecule is CC1(OC(=O)CNC(=N)N)C=CC=NC1. The van der Waals surface area contributed by atoms with Crippen LogP contribution >= 0.6 is 0 Å². The molecular formula is C9H14N4O2. The third-order valence-corrected chi connectivity index (χ3v) is 1.82. The van der Waals surface area contributed by atoms with Gasteiger partial charge in [-0.2, -0.15) is 0 Å². The Morgan fingerprint density at radius 2 is 2.53 bits per heavy atom. The van der Waals surface area contributed by atoms with Crippen LogP contribution in [0.5, 0.6) is 0 Å². The van der Waals surface area contributed by atoms with Crippen molar-refractivity contribution in [2.75, 3.05) is 13.1 Å². The van der Waals surface area contributed by atoms with E-state index in [4.69, 9.17) is 15.9 Å². The molecule has 0 bridgehead atoms. The smallest absolute Gasteiger partial charge is 0.326 e. The van der Waals surface area contributed by atoms with Crippen molar-refractivity contribution < 1.29 is 9.53 Å². The number of carbonyl (C=O) groups excluding carboxylic acids is 1. The average molecular weight is 210 g/mol. The molecule has 15 heavy (non-hydrogen) atoms. The Morgan fingerprint density at radius 1 is 1.80 bits per heavy atom. The van der Waals surface area contributed by atoms with E-state index in [1.807, 2.05) is 0 Å². The van der Waals surface area contributed by atoms with E-state index in [-0.39, 0.29) is 12.5 Å². The lowest BCUT2D eigenvalue weighted by Crippen LogP contribution is -2.40. The molecule has 0 radical (unpaired) electrons. The summed E-state index contributed by atoms with van der Waals surface area (Å²) in [5.41, 5.74) is 4.34. The van der Waals surface area contributed by atoms with Crippen LogP contribution in [0.25, 0.3) is 0 Å². The second kappa shape index (κ2) is 4.59. The summed E-state index contributed by atoms with van der Waals surface area (Å²) in [6, 6.07) is 0. The molecule has 1 unspecified atom stereocenters. The van der Waals surface area contributed by atoms with E-state index in [9.17, 15) is 4.79 Å². The molecule has 0 aromatic heterocycles. The van der Waals surface area contributed by atoms with E-state index in [0.717, 1.165) is 0 Å². The van der Waals surface area contributed by atoms with Crippen molar-refractivity contribution in [3.8, 4) is 0 Å². The molecule has 1 heterocycles. The maximum absolute atomic E-state index is 11.3. The number of carbonyl (C=O) groups is 1. The topological polar surface area (TPSA) is 101 Å². The molecule has 6 heteroatoms. The van der Waals surface area contributed by atoms with Crippen molar-refractivity contribution in [1.29, 1.82) is 5.41 Å². The van der Waals surface area contributed by atoms with Gasteiger partial charge >= 0.3 is 5.97 Å². The molecule has 6 nitrogen and oxygen atoms in total. The molecule has 0 spiro atoms. The van der Waals surface area contributed by atoms with Crippen LogP contribution in [0.3, 0.4) is 0 Å². The number of allylic oxidation sites excluding steroid dienone is 1. The number of esters is 1. The maximum Gasteiger partial charge on any atom is 0.326 e. The summed E-state index contributed by atoms with van der Waals surface area (Å²) in [7, 11) is 0. The fourth-order valence-corrected chi connectivity index (χ4v) is 1.12. The van der Waals surface area contributed by atoms with Gasteiger partial charge in [0.25, 0.3) is 0 Å². The maximum atomic E-state index is 11.3. The van der Waals surface area contributed by atoms with Gasteiger partial charge < -0.3 is 15.8 Å². The number of nitrogens with zero attached hydrogens (tertiary/aromatic N) is 1. The number of guanidine groups is 1. The molecule has 1 atom stereocenters. The first-order valence-electron chi connectivity index (χ1n) is 4.49. The molecule has 82 valence electrons. The van der Waals surface area contributed by atoms with Crippen LogP contribution in [-0.4, -0.2) is 36.8 Å². The van der Waals surface area contributed by atoms with Crippen molar-refractivity contribution in [1.82, 2.24) is 5.32 Å². The van der Waals surface area contributed by atoms with Crippen molar-refractivity contribution in [3.63, 3.8) is 0 Å². The van der Waals surface area contributed by atoms with Gasteiger partial charge in [0.2, 0.25) is 0 Å². The molecule has 0 saturated carbocycles. The van der Waals surface area contributed by atoms with E-state index in [1.165, 1.54) is 0 Å². The molecule has 1 aliphatic heterocycles. The van der Waals surface area contributed by atoms with Crippen molar-refractivity contribution in [2.24, 2.45) is 10.7 Å². The Balaban J connectivity index is 2.40. The van der Waals surface area contributed by atoms with Crippen LogP contribution in [0.2, 0.25) is 0 Å². The van der Waals surface area contributed by atoms with E-state index in [1.54, 1.807) is 25.3 Å². The quantitative estimate of drug-likeness (QED) is 0.329. The summed E-state index contributed by atoms with van der Waals surface area (Å²) in [6.45, 7) is 2.07. The highest BCUT2D eigenvalue weighted by atomic mass is 16.6. The highest BCUT2D eigenvalue weighted by Crippen LogP contribution is 2.15. The molecule has 1 aliphatic rings. The Labute approximate surface area is 87.7 Å². The highest BCUT2D eigenvalue weighted by Gasteiger charge is 2.26. The Hall–Kier alpha value is -1.85. The molecule has 0 aromatic carbocycles. The fraction of sp³-hybridized carbons (Fsp3) is 0.444. The summed E-state index contributed by atoms with van der Waals surface area (Å²) in [6.07, 6.45) is 5.16. The first-order chi connectivity index (χ1) is 7.02. The highest BCUT2D eigenvalue weighted by molar-refractivity contribution is 5.81. The lowest BCUT2D eigenvalue weighted by Gasteiger charge is -2.25. The van der Waals surface area contributed by atoms with Crippen molar-refractivity contribution in [2.45, 2.75) is 12.5 Å². The first-order valence-corrected chi connectivity index (χ1v) is 4.49. The van der Waals surface area contributed by atoms with Crippen LogP contribution in [0, 0.1) is 5.41 Å². The minimum Gasteiger partial charge on any atom is -0.452 e. The molecular weight excluding hydrogens is 196 g/mol. The van der Waals surface area contributed by atoms with Gasteiger partial charge in [-0.15, -0.1) is 0 Å². The number of aliphatic imine (C=N–C) groups is 1. The van der Waals surface area contributed by atoms with Gasteiger partial charge in [-0.05, 0) is 19.1 Å². The Morgan fingerprint density at radius 3 is 3.07 bits per heavy atom. The number of nitrogens with one attached hydrogen (secondary N) is 2. The minimum atomic E-state index is -0.690. The van der Waals surface area contributed by atoms with Gasteiger partial charge in [0, 0.05) is 6.21 Å². The lowest BCUT2D eigenvalue weighted by atomic mass is 10.1. The number of hydrogen-bond donors (Lipinski definition) is 3. The van der Waals surface area contributed by atoms with E-state index in [2.05, 4.69) is 10.3 Å². The van der Waals surface area contributed by atoms with E-state index < -0.39 is 11.6 Å². The zero-order valence-corrected chi connectivity index (χ0v) is 8.49.